The highest BCUT2D eigenvalue weighted by molar-refractivity contribution is 7.10. The Balaban J connectivity index is 1.61. The molecule has 0 unspecified atom stereocenters. The first-order chi connectivity index (χ1) is 15.5. The number of hydrogen-bond donors (Lipinski definition) is 1. The van der Waals surface area contributed by atoms with Crippen LogP contribution in [0, 0.1) is 10.1 Å². The van der Waals surface area contributed by atoms with Crippen molar-refractivity contribution in [2.24, 2.45) is 0 Å². The molecule has 1 aliphatic rings. The Kier molecular flexibility index (Phi) is 6.38. The third kappa shape index (κ3) is 4.44. The van der Waals surface area contributed by atoms with Gasteiger partial charge in [-0.1, -0.05) is 12.1 Å². The Morgan fingerprint density at radius 1 is 1.19 bits per heavy atom. The van der Waals surface area contributed by atoms with Gasteiger partial charge >= 0.3 is 0 Å². The minimum absolute atomic E-state index is 0.0628. The van der Waals surface area contributed by atoms with Gasteiger partial charge in [-0.15, -0.1) is 11.3 Å². The largest absolute Gasteiger partial charge is 0.493 e. The zero-order chi connectivity index (χ0) is 22.7. The number of benzene rings is 2. The lowest BCUT2D eigenvalue weighted by molar-refractivity contribution is -0.384. The molecular weight excluding hydrogens is 430 g/mol. The van der Waals surface area contributed by atoms with E-state index >= 15 is 0 Å². The lowest BCUT2D eigenvalue weighted by atomic mass is 9.91. The number of methoxy groups -OCH3 is 2. The maximum Gasteiger partial charge on any atom is 0.271 e. The number of anilines is 1. The van der Waals surface area contributed by atoms with E-state index in [1.807, 2.05) is 23.6 Å². The molecule has 2 heterocycles. The van der Waals surface area contributed by atoms with Crippen molar-refractivity contribution in [1.82, 2.24) is 4.90 Å². The SMILES string of the molecule is COc1cc2c(cc1OC)[C@@H](c1cccs1)N(CC(=O)Nc1cccc([N+](=O)[O-])c1)CC2. The molecule has 0 bridgehead atoms. The molecule has 0 saturated carbocycles. The predicted molar refractivity (Wildman–Crippen MR) is 123 cm³/mol. The summed E-state index contributed by atoms with van der Waals surface area (Å²) in [5.41, 5.74) is 2.59. The van der Waals surface area contributed by atoms with Crippen molar-refractivity contribution in [2.45, 2.75) is 12.5 Å². The molecule has 1 aromatic heterocycles. The number of nitrogens with zero attached hydrogens (tertiary/aromatic N) is 2. The number of nitro groups is 1. The average Bonchev–Trinajstić information content (AvgIpc) is 3.32. The summed E-state index contributed by atoms with van der Waals surface area (Å²) in [5.74, 6) is 1.11. The minimum atomic E-state index is -0.480. The van der Waals surface area contributed by atoms with Crippen molar-refractivity contribution in [3.8, 4) is 11.5 Å². The van der Waals surface area contributed by atoms with Crippen LogP contribution in [-0.4, -0.2) is 43.0 Å². The van der Waals surface area contributed by atoms with Gasteiger partial charge in [-0.3, -0.25) is 19.8 Å². The van der Waals surface area contributed by atoms with Gasteiger partial charge in [0.15, 0.2) is 11.5 Å². The van der Waals surface area contributed by atoms with E-state index in [2.05, 4.69) is 16.3 Å². The molecule has 1 amide bonds. The van der Waals surface area contributed by atoms with Gasteiger partial charge < -0.3 is 14.8 Å². The van der Waals surface area contributed by atoms with Crippen LogP contribution >= 0.6 is 11.3 Å². The van der Waals surface area contributed by atoms with Crippen LogP contribution in [-0.2, 0) is 11.2 Å². The summed E-state index contributed by atoms with van der Waals surface area (Å²) in [7, 11) is 3.23. The summed E-state index contributed by atoms with van der Waals surface area (Å²) in [6.07, 6.45) is 0.766. The second kappa shape index (κ2) is 9.37. The van der Waals surface area contributed by atoms with Crippen LogP contribution < -0.4 is 14.8 Å². The molecule has 4 rings (SSSR count). The second-order valence-corrected chi connectivity index (χ2v) is 8.38. The molecule has 8 nitrogen and oxygen atoms in total. The van der Waals surface area contributed by atoms with E-state index in [1.54, 1.807) is 37.7 Å². The molecule has 9 heteroatoms. The average molecular weight is 454 g/mol. The highest BCUT2D eigenvalue weighted by Crippen LogP contribution is 2.42. The Bertz CT molecular complexity index is 1130. The molecule has 0 radical (unpaired) electrons. The van der Waals surface area contributed by atoms with E-state index in [4.69, 9.17) is 9.47 Å². The first kappa shape index (κ1) is 21.8. The number of fused-ring (bicyclic) bond motifs is 1. The van der Waals surface area contributed by atoms with Crippen LogP contribution in [0.4, 0.5) is 11.4 Å². The number of amides is 1. The highest BCUT2D eigenvalue weighted by Gasteiger charge is 2.32. The van der Waals surface area contributed by atoms with Crippen LogP contribution in [0.3, 0.4) is 0 Å². The molecule has 2 aromatic carbocycles. The molecule has 0 saturated heterocycles. The number of thiophene rings is 1. The van der Waals surface area contributed by atoms with Crippen LogP contribution in [0.5, 0.6) is 11.5 Å². The third-order valence-corrected chi connectivity index (χ3v) is 6.40. The number of rotatable bonds is 7. The number of carbonyl (C=O) groups excluding carboxylic acids is 1. The van der Waals surface area contributed by atoms with Crippen molar-refractivity contribution < 1.29 is 19.2 Å². The Morgan fingerprint density at radius 3 is 2.66 bits per heavy atom. The van der Waals surface area contributed by atoms with E-state index in [0.717, 1.165) is 22.4 Å². The van der Waals surface area contributed by atoms with Crippen molar-refractivity contribution >= 4 is 28.6 Å². The summed E-state index contributed by atoms with van der Waals surface area (Å²) in [5, 5.41) is 15.8. The molecule has 0 spiro atoms. The molecule has 1 N–H and O–H groups in total. The molecule has 166 valence electrons. The number of nitro benzene ring substituents is 1. The summed E-state index contributed by atoms with van der Waals surface area (Å²) >= 11 is 1.64. The van der Waals surface area contributed by atoms with Crippen LogP contribution in [0.25, 0.3) is 0 Å². The van der Waals surface area contributed by atoms with Gasteiger partial charge in [-0.25, -0.2) is 0 Å². The van der Waals surface area contributed by atoms with Crippen LogP contribution in [0.15, 0.2) is 53.9 Å². The molecule has 32 heavy (non-hydrogen) atoms. The number of nitrogens with one attached hydrogen (secondary N) is 1. The zero-order valence-electron chi connectivity index (χ0n) is 17.7. The predicted octanol–water partition coefficient (Wildman–Crippen LogP) is 4.26. The highest BCUT2D eigenvalue weighted by atomic mass is 32.1. The van der Waals surface area contributed by atoms with Gasteiger partial charge in [0.2, 0.25) is 5.91 Å². The molecular formula is C23H23N3O5S. The molecule has 0 fully saturated rings. The first-order valence-corrected chi connectivity index (χ1v) is 10.9. The van der Waals surface area contributed by atoms with Crippen LogP contribution in [0.2, 0.25) is 0 Å². The van der Waals surface area contributed by atoms with E-state index in [-0.39, 0.29) is 24.2 Å². The van der Waals surface area contributed by atoms with E-state index in [0.29, 0.717) is 23.7 Å². The van der Waals surface area contributed by atoms with E-state index in [9.17, 15) is 14.9 Å². The fourth-order valence-electron chi connectivity index (χ4n) is 4.03. The van der Waals surface area contributed by atoms with Crippen molar-refractivity contribution in [3.05, 3.63) is 80.0 Å². The van der Waals surface area contributed by atoms with Gasteiger partial charge in [0, 0.05) is 29.2 Å². The van der Waals surface area contributed by atoms with Gasteiger partial charge in [-0.2, -0.15) is 0 Å². The minimum Gasteiger partial charge on any atom is -0.493 e. The maximum absolute atomic E-state index is 12.8. The van der Waals surface area contributed by atoms with E-state index in [1.165, 1.54) is 12.1 Å². The first-order valence-electron chi connectivity index (χ1n) is 10.1. The number of hydrogen-bond acceptors (Lipinski definition) is 7. The smallest absolute Gasteiger partial charge is 0.271 e. The number of non-ortho nitro benzene ring substituents is 1. The van der Waals surface area contributed by atoms with Gasteiger partial charge in [0.05, 0.1) is 31.7 Å². The summed E-state index contributed by atoms with van der Waals surface area (Å²) in [4.78, 5) is 26.6. The normalized spacial score (nSPS) is 15.6. The maximum atomic E-state index is 12.8. The second-order valence-electron chi connectivity index (χ2n) is 7.40. The van der Waals surface area contributed by atoms with Crippen LogP contribution in [0.1, 0.15) is 22.0 Å². The molecule has 0 aliphatic carbocycles. The zero-order valence-corrected chi connectivity index (χ0v) is 18.6. The van der Waals surface area contributed by atoms with Gasteiger partial charge in [-0.05, 0) is 47.2 Å². The topological polar surface area (TPSA) is 93.9 Å². The standard InChI is InChI=1S/C23H23N3O5S/c1-30-19-11-15-8-9-25(14-22(27)24-16-5-3-6-17(12-16)26(28)29)23(21-7-4-10-32-21)18(15)13-20(19)31-2/h3-7,10-13,23H,8-9,14H2,1-2H3,(H,24,27)/t23-/m0/s1. The summed E-state index contributed by atoms with van der Waals surface area (Å²) in [6.45, 7) is 0.840. The monoisotopic (exact) mass is 453 g/mol. The lowest BCUT2D eigenvalue weighted by Gasteiger charge is -2.37. The van der Waals surface area contributed by atoms with Crippen molar-refractivity contribution in [2.75, 3.05) is 32.6 Å². The fraction of sp³-hybridized carbons (Fsp3) is 0.261. The van der Waals surface area contributed by atoms with Crippen molar-refractivity contribution in [1.29, 1.82) is 0 Å². The van der Waals surface area contributed by atoms with Gasteiger partial charge in [0.1, 0.15) is 0 Å². The Morgan fingerprint density at radius 2 is 1.97 bits per heavy atom. The number of ether oxygens (including phenoxy) is 2. The molecule has 3 aromatic rings. The Hall–Kier alpha value is -3.43. The Labute approximate surface area is 189 Å². The quantitative estimate of drug-likeness (QED) is 0.424. The van der Waals surface area contributed by atoms with E-state index < -0.39 is 4.92 Å². The summed E-state index contributed by atoms with van der Waals surface area (Å²) < 4.78 is 11.0. The lowest BCUT2D eigenvalue weighted by Crippen LogP contribution is -2.40. The van der Waals surface area contributed by atoms with Crippen molar-refractivity contribution in [3.63, 3.8) is 0 Å². The third-order valence-electron chi connectivity index (χ3n) is 5.47. The molecule has 1 aliphatic heterocycles. The fourth-order valence-corrected chi connectivity index (χ4v) is 4.91. The molecule has 1 atom stereocenters. The van der Waals surface area contributed by atoms with Gasteiger partial charge in [0.25, 0.3) is 5.69 Å². The number of carbonyl (C=O) groups is 1. The summed E-state index contributed by atoms with van der Waals surface area (Å²) in [6, 6.07) is 13.9.